The molecule has 1 amide bonds. The Morgan fingerprint density at radius 3 is 2.19 bits per heavy atom. The van der Waals surface area contributed by atoms with Crippen LogP contribution in [0, 0.1) is 5.92 Å². The molecule has 0 N–H and O–H groups in total. The number of carbonyl (C=O) groups excluding carboxylic acids is 1. The van der Waals surface area contributed by atoms with Gasteiger partial charge in [0.15, 0.2) is 0 Å². The predicted molar refractivity (Wildman–Crippen MR) is 107 cm³/mol. The Hall–Kier alpha value is -2.29. The molecule has 0 saturated carbocycles. The molecule has 2 aromatic rings. The second-order valence-corrected chi connectivity index (χ2v) is 7.56. The van der Waals surface area contributed by atoms with Gasteiger partial charge in [0.05, 0.1) is 0 Å². The van der Waals surface area contributed by atoms with Gasteiger partial charge in [0.25, 0.3) is 0 Å². The molecule has 136 valence electrons. The Balaban J connectivity index is 1.39. The van der Waals surface area contributed by atoms with Crippen LogP contribution in [-0.4, -0.2) is 37.0 Å². The molecule has 0 bridgehead atoms. The number of hydrogen-bond acceptors (Lipinski definition) is 2. The van der Waals surface area contributed by atoms with E-state index in [1.807, 2.05) is 0 Å². The highest BCUT2D eigenvalue weighted by Gasteiger charge is 2.29. The first-order valence-corrected chi connectivity index (χ1v) is 10.0. The van der Waals surface area contributed by atoms with E-state index >= 15 is 0 Å². The lowest BCUT2D eigenvalue weighted by atomic mass is 9.93. The van der Waals surface area contributed by atoms with Crippen molar-refractivity contribution in [1.29, 1.82) is 0 Å². The minimum atomic E-state index is 0.224. The second kappa shape index (κ2) is 7.94. The quantitative estimate of drug-likeness (QED) is 0.810. The summed E-state index contributed by atoms with van der Waals surface area (Å²) in [6, 6.07) is 19.3. The van der Waals surface area contributed by atoms with E-state index in [1.54, 1.807) is 0 Å². The van der Waals surface area contributed by atoms with E-state index in [2.05, 4.69) is 64.4 Å². The molecule has 2 aliphatic rings. The maximum atomic E-state index is 12.7. The zero-order chi connectivity index (χ0) is 17.8. The molecular formula is C23H28N2O. The van der Waals surface area contributed by atoms with Crippen LogP contribution in [0.25, 0.3) is 11.1 Å². The Bertz CT molecular complexity index is 729. The zero-order valence-electron chi connectivity index (χ0n) is 15.4. The van der Waals surface area contributed by atoms with Gasteiger partial charge in [0.2, 0.25) is 5.91 Å². The van der Waals surface area contributed by atoms with Gasteiger partial charge in [-0.05, 0) is 55.4 Å². The van der Waals surface area contributed by atoms with Crippen LogP contribution in [0.15, 0.2) is 54.6 Å². The maximum absolute atomic E-state index is 12.7. The van der Waals surface area contributed by atoms with E-state index in [0.29, 0.717) is 5.91 Å². The standard InChI is InChI=1S/C23H28N2O/c26-23(25-14-5-2-6-15-25)20-12-16-24(17-13-20)22-11-7-10-21(18-22)19-8-3-1-4-9-19/h1,3-4,7-11,18,20H,2,5-6,12-17H2. The number of carbonyl (C=O) groups is 1. The molecule has 0 radical (unpaired) electrons. The summed E-state index contributed by atoms with van der Waals surface area (Å²) in [5.41, 5.74) is 3.79. The molecule has 3 nitrogen and oxygen atoms in total. The summed E-state index contributed by atoms with van der Waals surface area (Å²) in [6.45, 7) is 3.89. The Labute approximate surface area is 156 Å². The average Bonchev–Trinajstić information content (AvgIpc) is 2.75. The van der Waals surface area contributed by atoms with Crippen molar-refractivity contribution in [2.75, 3.05) is 31.1 Å². The first-order valence-electron chi connectivity index (χ1n) is 10.0. The topological polar surface area (TPSA) is 23.6 Å². The van der Waals surface area contributed by atoms with Gasteiger partial charge in [-0.15, -0.1) is 0 Å². The lowest BCUT2D eigenvalue weighted by Crippen LogP contribution is -2.44. The number of amides is 1. The fourth-order valence-electron chi connectivity index (χ4n) is 4.27. The fourth-order valence-corrected chi connectivity index (χ4v) is 4.27. The van der Waals surface area contributed by atoms with Crippen LogP contribution in [0.4, 0.5) is 5.69 Å². The molecule has 2 heterocycles. The van der Waals surface area contributed by atoms with Crippen LogP contribution in [0.5, 0.6) is 0 Å². The van der Waals surface area contributed by atoms with Crippen molar-refractivity contribution in [2.45, 2.75) is 32.1 Å². The molecule has 2 fully saturated rings. The van der Waals surface area contributed by atoms with E-state index in [4.69, 9.17) is 0 Å². The minimum absolute atomic E-state index is 0.224. The largest absolute Gasteiger partial charge is 0.371 e. The fraction of sp³-hybridized carbons (Fsp3) is 0.435. The summed E-state index contributed by atoms with van der Waals surface area (Å²) in [5, 5.41) is 0. The molecule has 4 rings (SSSR count). The number of nitrogens with zero attached hydrogens (tertiary/aromatic N) is 2. The molecule has 2 saturated heterocycles. The van der Waals surface area contributed by atoms with Crippen LogP contribution >= 0.6 is 0 Å². The average molecular weight is 348 g/mol. The molecule has 0 spiro atoms. The highest BCUT2D eigenvalue weighted by molar-refractivity contribution is 5.79. The molecule has 0 unspecified atom stereocenters. The SMILES string of the molecule is O=C(C1CCN(c2cccc(-c3ccccc3)c2)CC1)N1CCCCC1. The third-order valence-corrected chi connectivity index (χ3v) is 5.83. The molecule has 26 heavy (non-hydrogen) atoms. The minimum Gasteiger partial charge on any atom is -0.371 e. The van der Waals surface area contributed by atoms with E-state index in [0.717, 1.165) is 39.0 Å². The summed E-state index contributed by atoms with van der Waals surface area (Å²) < 4.78 is 0. The molecule has 0 aromatic heterocycles. The second-order valence-electron chi connectivity index (χ2n) is 7.56. The van der Waals surface area contributed by atoms with Crippen molar-refractivity contribution in [1.82, 2.24) is 4.90 Å². The van der Waals surface area contributed by atoms with Crippen molar-refractivity contribution >= 4 is 11.6 Å². The smallest absolute Gasteiger partial charge is 0.225 e. The van der Waals surface area contributed by atoms with Crippen LogP contribution in [0.1, 0.15) is 32.1 Å². The van der Waals surface area contributed by atoms with Gasteiger partial charge in [0.1, 0.15) is 0 Å². The van der Waals surface area contributed by atoms with Crippen LogP contribution in [-0.2, 0) is 4.79 Å². The number of rotatable bonds is 3. The van der Waals surface area contributed by atoms with Crippen molar-refractivity contribution in [3.63, 3.8) is 0 Å². The van der Waals surface area contributed by atoms with Crippen molar-refractivity contribution in [2.24, 2.45) is 5.92 Å². The molecule has 3 heteroatoms. The van der Waals surface area contributed by atoms with Gasteiger partial charge in [-0.3, -0.25) is 4.79 Å². The summed E-state index contributed by atoms with van der Waals surface area (Å²) in [6.07, 6.45) is 5.59. The Morgan fingerprint density at radius 2 is 1.46 bits per heavy atom. The third-order valence-electron chi connectivity index (χ3n) is 5.83. The van der Waals surface area contributed by atoms with Crippen molar-refractivity contribution in [3.8, 4) is 11.1 Å². The molecule has 0 aliphatic carbocycles. The van der Waals surface area contributed by atoms with E-state index in [1.165, 1.54) is 36.1 Å². The lowest BCUT2D eigenvalue weighted by Gasteiger charge is -2.36. The van der Waals surface area contributed by atoms with Crippen molar-refractivity contribution in [3.05, 3.63) is 54.6 Å². The Morgan fingerprint density at radius 1 is 0.769 bits per heavy atom. The van der Waals surface area contributed by atoms with Gasteiger partial charge in [-0.25, -0.2) is 0 Å². The third kappa shape index (κ3) is 3.77. The predicted octanol–water partition coefficient (Wildman–Crippen LogP) is 4.58. The number of hydrogen-bond donors (Lipinski definition) is 0. The van der Waals surface area contributed by atoms with Crippen LogP contribution in [0.2, 0.25) is 0 Å². The van der Waals surface area contributed by atoms with Gasteiger partial charge in [-0.2, -0.15) is 0 Å². The van der Waals surface area contributed by atoms with Crippen molar-refractivity contribution < 1.29 is 4.79 Å². The first-order chi connectivity index (χ1) is 12.8. The molecular weight excluding hydrogens is 320 g/mol. The normalized spacial score (nSPS) is 18.8. The monoisotopic (exact) mass is 348 g/mol. The number of likely N-dealkylation sites (tertiary alicyclic amines) is 1. The van der Waals surface area contributed by atoms with Gasteiger partial charge >= 0.3 is 0 Å². The number of anilines is 1. The van der Waals surface area contributed by atoms with E-state index in [9.17, 15) is 4.79 Å². The molecule has 0 atom stereocenters. The zero-order valence-corrected chi connectivity index (χ0v) is 15.4. The lowest BCUT2D eigenvalue weighted by molar-refractivity contribution is -0.137. The van der Waals surface area contributed by atoms with Gasteiger partial charge in [0, 0.05) is 37.8 Å². The summed E-state index contributed by atoms with van der Waals surface area (Å²) in [4.78, 5) is 17.3. The van der Waals surface area contributed by atoms with E-state index in [-0.39, 0.29) is 5.92 Å². The number of piperidine rings is 2. The van der Waals surface area contributed by atoms with Gasteiger partial charge < -0.3 is 9.80 Å². The summed E-state index contributed by atoms with van der Waals surface area (Å²) in [5.74, 6) is 0.629. The first kappa shape index (κ1) is 17.1. The molecule has 2 aliphatic heterocycles. The van der Waals surface area contributed by atoms with Crippen LogP contribution < -0.4 is 4.90 Å². The van der Waals surface area contributed by atoms with Gasteiger partial charge in [-0.1, -0.05) is 42.5 Å². The highest BCUT2D eigenvalue weighted by atomic mass is 16.2. The molecule has 2 aromatic carbocycles. The maximum Gasteiger partial charge on any atom is 0.225 e. The number of benzene rings is 2. The Kier molecular flexibility index (Phi) is 5.24. The highest BCUT2D eigenvalue weighted by Crippen LogP contribution is 2.29. The summed E-state index contributed by atoms with van der Waals surface area (Å²) in [7, 11) is 0. The van der Waals surface area contributed by atoms with Crippen LogP contribution in [0.3, 0.4) is 0 Å². The summed E-state index contributed by atoms with van der Waals surface area (Å²) >= 11 is 0. The van der Waals surface area contributed by atoms with E-state index < -0.39 is 0 Å².